The third-order valence-electron chi connectivity index (χ3n) is 5.77. The van der Waals surface area contributed by atoms with E-state index in [1.54, 1.807) is 20.8 Å². The van der Waals surface area contributed by atoms with Gasteiger partial charge in [-0.25, -0.2) is 19.2 Å². The molecule has 0 radical (unpaired) electrons. The Labute approximate surface area is 243 Å². The zero-order chi connectivity index (χ0) is 32.2. The summed E-state index contributed by atoms with van der Waals surface area (Å²) in [6, 6.07) is 9.48. The van der Waals surface area contributed by atoms with Crippen LogP contribution in [0, 0.1) is 5.41 Å². The van der Waals surface area contributed by atoms with Crippen LogP contribution in [0.15, 0.2) is 54.6 Å². The molecule has 3 amide bonds. The summed E-state index contributed by atoms with van der Waals surface area (Å²) in [5.41, 5.74) is -3.29. The Hall–Kier alpha value is -6.05. The third kappa shape index (κ3) is 8.00. The predicted molar refractivity (Wildman–Crippen MR) is 151 cm³/mol. The number of carboxylic acid groups (broad SMARTS) is 4. The van der Waals surface area contributed by atoms with E-state index >= 15 is 0 Å². The second kappa shape index (κ2) is 12.2. The molecule has 14 heteroatoms. The van der Waals surface area contributed by atoms with Crippen molar-refractivity contribution < 1.29 is 54.0 Å². The number of hydrogen-bond donors (Lipinski definition) is 7. The van der Waals surface area contributed by atoms with Crippen LogP contribution in [0.4, 0.5) is 17.1 Å². The molecule has 0 aliphatic rings. The molecule has 0 spiro atoms. The summed E-state index contributed by atoms with van der Waals surface area (Å²) in [4.78, 5) is 84.8. The molecular formula is C29H25N3O11. The second-order valence-electron chi connectivity index (χ2n) is 10.2. The molecule has 43 heavy (non-hydrogen) atoms. The number of amides is 3. The summed E-state index contributed by atoms with van der Waals surface area (Å²) in [6.45, 7) is 4.87. The van der Waals surface area contributed by atoms with Crippen LogP contribution in [-0.2, 0) is 4.79 Å². The number of carbonyl (C=O) groups excluding carboxylic acids is 3. The minimum Gasteiger partial charge on any atom is -0.478 e. The summed E-state index contributed by atoms with van der Waals surface area (Å²) in [7, 11) is 0. The van der Waals surface area contributed by atoms with Gasteiger partial charge < -0.3 is 36.4 Å². The molecule has 0 atom stereocenters. The Morgan fingerprint density at radius 3 is 0.977 bits per heavy atom. The van der Waals surface area contributed by atoms with E-state index < -0.39 is 69.3 Å². The van der Waals surface area contributed by atoms with Crippen LogP contribution in [0.1, 0.15) is 82.9 Å². The Balaban J connectivity index is 2.05. The molecule has 0 saturated carbocycles. The average Bonchev–Trinajstić information content (AvgIpc) is 2.91. The second-order valence-corrected chi connectivity index (χ2v) is 10.2. The normalized spacial score (nSPS) is 10.8. The highest BCUT2D eigenvalue weighted by Crippen LogP contribution is 2.24. The lowest BCUT2D eigenvalue weighted by Crippen LogP contribution is -2.28. The maximum absolute atomic E-state index is 13.2. The number of rotatable bonds is 9. The first-order valence-electron chi connectivity index (χ1n) is 12.3. The van der Waals surface area contributed by atoms with E-state index in [1.807, 2.05) is 0 Å². The first kappa shape index (κ1) is 31.5. The van der Waals surface area contributed by atoms with E-state index in [0.717, 1.165) is 42.5 Å². The minimum absolute atomic E-state index is 0.00810. The van der Waals surface area contributed by atoms with Gasteiger partial charge in [0.25, 0.3) is 11.8 Å². The van der Waals surface area contributed by atoms with Gasteiger partial charge in [-0.3, -0.25) is 14.4 Å². The SMILES string of the molecule is CC(C)(C)C(=O)Nc1cc(C(=O)Nc2cc(C(=O)O)cc(C(=O)O)c2)cc(C(=O)Nc2cc(C(=O)O)cc(C(=O)O)c2)c1. The highest BCUT2D eigenvalue weighted by atomic mass is 16.4. The lowest BCUT2D eigenvalue weighted by Gasteiger charge is -2.19. The van der Waals surface area contributed by atoms with Crippen LogP contribution < -0.4 is 16.0 Å². The van der Waals surface area contributed by atoms with Crippen LogP contribution >= 0.6 is 0 Å². The molecule has 0 saturated heterocycles. The number of aromatic carboxylic acids is 4. The molecule has 222 valence electrons. The van der Waals surface area contributed by atoms with Gasteiger partial charge in [0.05, 0.1) is 22.3 Å². The molecule has 0 fully saturated rings. The first-order chi connectivity index (χ1) is 19.9. The quantitative estimate of drug-likeness (QED) is 0.188. The summed E-state index contributed by atoms with van der Waals surface area (Å²) in [6.07, 6.45) is 0. The van der Waals surface area contributed by atoms with E-state index in [0.29, 0.717) is 0 Å². The van der Waals surface area contributed by atoms with Crippen molar-refractivity contribution in [2.24, 2.45) is 5.41 Å². The highest BCUT2D eigenvalue weighted by molar-refractivity contribution is 6.11. The van der Waals surface area contributed by atoms with Gasteiger partial charge in [-0.1, -0.05) is 20.8 Å². The van der Waals surface area contributed by atoms with Crippen molar-refractivity contribution >= 4 is 58.7 Å². The lowest BCUT2D eigenvalue weighted by molar-refractivity contribution is -0.123. The molecule has 7 N–H and O–H groups in total. The zero-order valence-electron chi connectivity index (χ0n) is 22.8. The lowest BCUT2D eigenvalue weighted by atomic mass is 9.95. The third-order valence-corrected chi connectivity index (χ3v) is 5.77. The van der Waals surface area contributed by atoms with Crippen molar-refractivity contribution in [1.29, 1.82) is 0 Å². The number of nitrogens with one attached hydrogen (secondary N) is 3. The number of hydrogen-bond acceptors (Lipinski definition) is 7. The van der Waals surface area contributed by atoms with Crippen molar-refractivity contribution in [1.82, 2.24) is 0 Å². The summed E-state index contributed by atoms with van der Waals surface area (Å²) in [5, 5.41) is 44.6. The van der Waals surface area contributed by atoms with Gasteiger partial charge in [-0.2, -0.15) is 0 Å². The summed E-state index contributed by atoms with van der Waals surface area (Å²) >= 11 is 0. The fraction of sp³-hybridized carbons (Fsp3) is 0.138. The van der Waals surface area contributed by atoms with Crippen molar-refractivity contribution in [3.05, 3.63) is 88.0 Å². The molecule has 0 aliphatic heterocycles. The van der Waals surface area contributed by atoms with E-state index in [1.165, 1.54) is 12.1 Å². The van der Waals surface area contributed by atoms with Crippen molar-refractivity contribution in [3.63, 3.8) is 0 Å². The fourth-order valence-corrected chi connectivity index (χ4v) is 3.58. The van der Waals surface area contributed by atoms with Gasteiger partial charge in [0.15, 0.2) is 0 Å². The summed E-state index contributed by atoms with van der Waals surface area (Å²) < 4.78 is 0. The standard InChI is InChI=1S/C29H25N3O11/c1-29(2,3)28(43)32-21-7-13(22(33)30-19-9-15(24(35)36)5-16(10-19)25(37)38)4-14(8-21)23(34)31-20-11-17(26(39)40)6-18(12-20)27(41)42/h4-12H,1-3H3,(H,30,33)(H,31,34)(H,32,43)(H,35,36)(H,37,38)(H,39,40)(H,41,42). The molecule has 0 aliphatic carbocycles. The minimum atomic E-state index is -1.44. The molecule has 3 rings (SSSR count). The zero-order valence-corrected chi connectivity index (χ0v) is 22.8. The number of anilines is 3. The Morgan fingerprint density at radius 1 is 0.442 bits per heavy atom. The number of carbonyl (C=O) groups is 7. The molecule has 0 unspecified atom stereocenters. The Kier molecular flexibility index (Phi) is 8.94. The van der Waals surface area contributed by atoms with Gasteiger partial charge in [0.2, 0.25) is 5.91 Å². The molecule has 0 bridgehead atoms. The topological polar surface area (TPSA) is 236 Å². The van der Waals surface area contributed by atoms with Gasteiger partial charge in [-0.05, 0) is 54.6 Å². The highest BCUT2D eigenvalue weighted by Gasteiger charge is 2.23. The molecular weight excluding hydrogens is 566 g/mol. The van der Waals surface area contributed by atoms with Crippen molar-refractivity contribution in [2.45, 2.75) is 20.8 Å². The molecule has 0 aromatic heterocycles. The van der Waals surface area contributed by atoms with Gasteiger partial charge in [0, 0.05) is 33.6 Å². The smallest absolute Gasteiger partial charge is 0.335 e. The average molecular weight is 592 g/mol. The van der Waals surface area contributed by atoms with E-state index in [9.17, 15) is 54.0 Å². The molecule has 14 nitrogen and oxygen atoms in total. The van der Waals surface area contributed by atoms with Crippen molar-refractivity contribution in [3.8, 4) is 0 Å². The van der Waals surface area contributed by atoms with Gasteiger partial charge in [-0.15, -0.1) is 0 Å². The van der Waals surface area contributed by atoms with E-state index in [4.69, 9.17) is 0 Å². The maximum Gasteiger partial charge on any atom is 0.335 e. The predicted octanol–water partition coefficient (Wildman–Crippen LogP) is 3.97. The number of benzene rings is 3. The largest absolute Gasteiger partial charge is 0.478 e. The van der Waals surface area contributed by atoms with Crippen LogP contribution in [0.25, 0.3) is 0 Å². The first-order valence-corrected chi connectivity index (χ1v) is 12.3. The van der Waals surface area contributed by atoms with Crippen LogP contribution in [-0.4, -0.2) is 62.0 Å². The Morgan fingerprint density at radius 2 is 0.698 bits per heavy atom. The van der Waals surface area contributed by atoms with Crippen LogP contribution in [0.2, 0.25) is 0 Å². The molecule has 0 heterocycles. The molecule has 3 aromatic rings. The van der Waals surface area contributed by atoms with Gasteiger partial charge >= 0.3 is 23.9 Å². The molecule has 3 aromatic carbocycles. The van der Waals surface area contributed by atoms with Crippen LogP contribution in [0.3, 0.4) is 0 Å². The summed E-state index contributed by atoms with van der Waals surface area (Å²) in [5.74, 6) is -8.05. The maximum atomic E-state index is 13.2. The number of carboxylic acids is 4. The Bertz CT molecular complexity index is 1530. The van der Waals surface area contributed by atoms with E-state index in [2.05, 4.69) is 16.0 Å². The fourth-order valence-electron chi connectivity index (χ4n) is 3.58. The van der Waals surface area contributed by atoms with Crippen LogP contribution in [0.5, 0.6) is 0 Å². The monoisotopic (exact) mass is 591 g/mol. The van der Waals surface area contributed by atoms with Crippen molar-refractivity contribution in [2.75, 3.05) is 16.0 Å². The van der Waals surface area contributed by atoms with E-state index in [-0.39, 0.29) is 28.2 Å². The van der Waals surface area contributed by atoms with Gasteiger partial charge in [0.1, 0.15) is 0 Å².